The highest BCUT2D eigenvalue weighted by atomic mass is 35.5. The number of halogens is 1. The van der Waals surface area contributed by atoms with Crippen molar-refractivity contribution >= 4 is 21.6 Å². The number of rotatable bonds is 8. The first kappa shape index (κ1) is 26.4. The molecule has 2 aliphatic rings. The summed E-state index contributed by atoms with van der Waals surface area (Å²) in [5.74, 6) is 0.0205. The van der Waals surface area contributed by atoms with Crippen LogP contribution >= 0.6 is 11.6 Å². The van der Waals surface area contributed by atoms with Crippen molar-refractivity contribution in [1.82, 2.24) is 9.21 Å². The molecule has 1 fully saturated rings. The highest BCUT2D eigenvalue weighted by Gasteiger charge is 2.44. The second-order valence-electron chi connectivity index (χ2n) is 10.6. The van der Waals surface area contributed by atoms with Crippen LogP contribution in [0.25, 0.3) is 0 Å². The number of likely N-dealkylation sites (tertiary alicyclic amines) is 1. The standard InChI is InChI=1S/C30H35ClN2O3S/c1-32(37(35,36)26-10-3-2-4-11-26)22-24(23-8-7-9-25(31)20-23)14-17-33-18-15-30(16-19-33)21-29(34)27-12-5-6-13-28(27)30/h2-13,20,24,29,34H,14-19,21-22H2,1H3. The molecule has 0 bridgehead atoms. The van der Waals surface area contributed by atoms with Gasteiger partial charge in [-0.1, -0.05) is 66.2 Å². The van der Waals surface area contributed by atoms with Gasteiger partial charge >= 0.3 is 0 Å². The topological polar surface area (TPSA) is 60.9 Å². The van der Waals surface area contributed by atoms with Gasteiger partial charge in [0.15, 0.2) is 0 Å². The number of aliphatic hydroxyl groups excluding tert-OH is 1. The fourth-order valence-electron chi connectivity index (χ4n) is 6.18. The lowest BCUT2D eigenvalue weighted by Crippen LogP contribution is -2.42. The molecule has 1 heterocycles. The monoisotopic (exact) mass is 538 g/mol. The Morgan fingerprint density at radius 1 is 1.03 bits per heavy atom. The summed E-state index contributed by atoms with van der Waals surface area (Å²) in [6, 6.07) is 24.7. The van der Waals surface area contributed by atoms with Gasteiger partial charge in [0.1, 0.15) is 0 Å². The average Bonchev–Trinajstić information content (AvgIpc) is 3.19. The van der Waals surface area contributed by atoms with Crippen molar-refractivity contribution < 1.29 is 13.5 Å². The maximum Gasteiger partial charge on any atom is 0.242 e. The van der Waals surface area contributed by atoms with Crippen molar-refractivity contribution in [2.24, 2.45) is 0 Å². The number of hydrogen-bond donors (Lipinski definition) is 1. The third-order valence-electron chi connectivity index (χ3n) is 8.33. The summed E-state index contributed by atoms with van der Waals surface area (Å²) in [5, 5.41) is 11.3. The average molecular weight is 539 g/mol. The zero-order chi connectivity index (χ0) is 26.0. The molecule has 7 heteroatoms. The molecule has 1 spiro atoms. The van der Waals surface area contributed by atoms with Crippen LogP contribution in [0.5, 0.6) is 0 Å². The van der Waals surface area contributed by atoms with E-state index in [0.29, 0.717) is 16.5 Å². The Kier molecular flexibility index (Phi) is 7.75. The number of likely N-dealkylation sites (N-methyl/N-ethyl adjacent to an activating group) is 1. The van der Waals surface area contributed by atoms with E-state index in [2.05, 4.69) is 23.1 Å². The second kappa shape index (κ2) is 10.9. The molecule has 0 aromatic heterocycles. The highest BCUT2D eigenvalue weighted by molar-refractivity contribution is 7.89. The van der Waals surface area contributed by atoms with Crippen LogP contribution in [0.15, 0.2) is 83.8 Å². The highest BCUT2D eigenvalue weighted by Crippen LogP contribution is 2.50. The molecule has 3 aromatic carbocycles. The molecule has 0 saturated carbocycles. The quantitative estimate of drug-likeness (QED) is 0.405. The molecule has 1 saturated heterocycles. The summed E-state index contributed by atoms with van der Waals surface area (Å²) >= 11 is 6.32. The van der Waals surface area contributed by atoms with E-state index in [9.17, 15) is 13.5 Å². The number of benzene rings is 3. The van der Waals surface area contributed by atoms with E-state index in [4.69, 9.17) is 11.6 Å². The maximum atomic E-state index is 13.2. The minimum absolute atomic E-state index is 0.0205. The maximum absolute atomic E-state index is 13.2. The van der Waals surface area contributed by atoms with E-state index >= 15 is 0 Å². The van der Waals surface area contributed by atoms with Crippen LogP contribution in [0.2, 0.25) is 5.02 Å². The van der Waals surface area contributed by atoms with Crippen molar-refractivity contribution in [3.8, 4) is 0 Å². The van der Waals surface area contributed by atoms with E-state index in [0.717, 1.165) is 56.4 Å². The van der Waals surface area contributed by atoms with Gasteiger partial charge < -0.3 is 10.0 Å². The van der Waals surface area contributed by atoms with Gasteiger partial charge in [0.25, 0.3) is 0 Å². The van der Waals surface area contributed by atoms with Crippen LogP contribution in [0, 0.1) is 0 Å². The lowest BCUT2D eigenvalue weighted by atomic mass is 9.73. The van der Waals surface area contributed by atoms with Crippen LogP contribution in [-0.4, -0.2) is 56.0 Å². The number of sulfonamides is 1. The van der Waals surface area contributed by atoms with Crippen LogP contribution in [0.3, 0.4) is 0 Å². The Morgan fingerprint density at radius 2 is 1.73 bits per heavy atom. The number of piperidine rings is 1. The van der Waals surface area contributed by atoms with Crippen molar-refractivity contribution in [3.05, 3.63) is 101 Å². The molecule has 5 rings (SSSR count). The smallest absolute Gasteiger partial charge is 0.242 e. The SMILES string of the molecule is CN(CC(CCN1CCC2(CC1)CC(O)c1ccccc12)c1cccc(Cl)c1)S(=O)(=O)c1ccccc1. The third-order valence-corrected chi connectivity index (χ3v) is 10.4. The van der Waals surface area contributed by atoms with Crippen LogP contribution < -0.4 is 0 Å². The molecule has 2 unspecified atom stereocenters. The Labute approximate surface area is 225 Å². The lowest BCUT2D eigenvalue weighted by Gasteiger charge is -2.40. The van der Waals surface area contributed by atoms with Crippen LogP contribution in [0.4, 0.5) is 0 Å². The van der Waals surface area contributed by atoms with Gasteiger partial charge in [-0.3, -0.25) is 0 Å². The summed E-state index contributed by atoms with van der Waals surface area (Å²) in [6.07, 6.45) is 3.35. The van der Waals surface area contributed by atoms with Gasteiger partial charge in [0.05, 0.1) is 11.0 Å². The lowest BCUT2D eigenvalue weighted by molar-refractivity contribution is 0.107. The summed E-state index contributed by atoms with van der Waals surface area (Å²) in [7, 11) is -1.92. The largest absolute Gasteiger partial charge is 0.388 e. The van der Waals surface area contributed by atoms with Gasteiger partial charge in [-0.15, -0.1) is 0 Å². The molecule has 1 N–H and O–H groups in total. The fraction of sp³-hybridized carbons (Fsp3) is 0.400. The first-order valence-corrected chi connectivity index (χ1v) is 14.9. The third kappa shape index (κ3) is 5.50. The Morgan fingerprint density at radius 3 is 2.46 bits per heavy atom. The molecular weight excluding hydrogens is 504 g/mol. The van der Waals surface area contributed by atoms with Crippen molar-refractivity contribution in [2.45, 2.75) is 48.0 Å². The van der Waals surface area contributed by atoms with Gasteiger partial charge in [0.2, 0.25) is 10.0 Å². The Bertz CT molecular complexity index is 1320. The molecule has 1 aliphatic heterocycles. The molecular formula is C30H35ClN2O3S. The number of nitrogens with zero attached hydrogens (tertiary/aromatic N) is 2. The predicted octanol–water partition coefficient (Wildman–Crippen LogP) is 5.61. The van der Waals surface area contributed by atoms with E-state index in [1.807, 2.05) is 36.4 Å². The van der Waals surface area contributed by atoms with Crippen LogP contribution in [0.1, 0.15) is 54.4 Å². The van der Waals surface area contributed by atoms with Crippen molar-refractivity contribution in [1.29, 1.82) is 0 Å². The summed E-state index contributed by atoms with van der Waals surface area (Å²) < 4.78 is 27.9. The van der Waals surface area contributed by atoms with E-state index in [1.165, 1.54) is 9.87 Å². The molecule has 0 amide bonds. The first-order valence-electron chi connectivity index (χ1n) is 13.1. The zero-order valence-electron chi connectivity index (χ0n) is 21.3. The molecule has 5 nitrogen and oxygen atoms in total. The molecule has 196 valence electrons. The van der Waals surface area contributed by atoms with E-state index in [1.54, 1.807) is 31.3 Å². The van der Waals surface area contributed by atoms with Crippen molar-refractivity contribution in [3.63, 3.8) is 0 Å². The zero-order valence-corrected chi connectivity index (χ0v) is 22.8. The number of fused-ring (bicyclic) bond motifs is 2. The summed E-state index contributed by atoms with van der Waals surface area (Å²) in [5.41, 5.74) is 3.55. The van der Waals surface area contributed by atoms with Gasteiger partial charge in [0, 0.05) is 24.0 Å². The molecule has 37 heavy (non-hydrogen) atoms. The predicted molar refractivity (Wildman–Crippen MR) is 148 cm³/mol. The molecule has 0 radical (unpaired) electrons. The normalized spacial score (nSPS) is 20.3. The fourth-order valence-corrected chi connectivity index (χ4v) is 7.62. The van der Waals surface area contributed by atoms with E-state index in [-0.39, 0.29) is 17.4 Å². The van der Waals surface area contributed by atoms with Crippen molar-refractivity contribution in [2.75, 3.05) is 33.2 Å². The number of aliphatic hydroxyl groups is 1. The van der Waals surface area contributed by atoms with Gasteiger partial charge in [-0.25, -0.2) is 12.7 Å². The second-order valence-corrected chi connectivity index (χ2v) is 13.0. The summed E-state index contributed by atoms with van der Waals surface area (Å²) in [4.78, 5) is 2.80. The summed E-state index contributed by atoms with van der Waals surface area (Å²) in [6.45, 7) is 3.22. The minimum Gasteiger partial charge on any atom is -0.388 e. The first-order chi connectivity index (χ1) is 17.8. The van der Waals surface area contributed by atoms with E-state index < -0.39 is 10.0 Å². The molecule has 3 aromatic rings. The Balaban J connectivity index is 1.27. The van der Waals surface area contributed by atoms with Crippen LogP contribution in [-0.2, 0) is 15.4 Å². The number of hydrogen-bond acceptors (Lipinski definition) is 4. The molecule has 2 atom stereocenters. The van der Waals surface area contributed by atoms with Gasteiger partial charge in [-0.05, 0) is 92.2 Å². The Hall–Kier alpha value is -2.22. The minimum atomic E-state index is -3.58. The molecule has 1 aliphatic carbocycles. The van der Waals surface area contributed by atoms with Gasteiger partial charge in [-0.2, -0.15) is 0 Å².